The van der Waals surface area contributed by atoms with E-state index in [1.54, 1.807) is 49.6 Å². The van der Waals surface area contributed by atoms with Crippen LogP contribution in [0.5, 0.6) is 17.2 Å². The van der Waals surface area contributed by atoms with Crippen molar-refractivity contribution in [1.82, 2.24) is 0 Å². The number of hydrogen-bond acceptors (Lipinski definition) is 6. The fourth-order valence-corrected chi connectivity index (χ4v) is 3.36. The Bertz CT molecular complexity index is 1230. The van der Waals surface area contributed by atoms with Gasteiger partial charge in [0.25, 0.3) is 5.91 Å². The maximum Gasteiger partial charge on any atom is 0.265 e. The zero-order chi connectivity index (χ0) is 24.1. The predicted molar refractivity (Wildman–Crippen MR) is 122 cm³/mol. The number of ketones is 1. The topological polar surface area (TPSA) is 94.2 Å². The van der Waals surface area contributed by atoms with Crippen molar-refractivity contribution in [1.29, 1.82) is 0 Å². The summed E-state index contributed by atoms with van der Waals surface area (Å²) in [5.74, 6) is -0.448. The summed E-state index contributed by atoms with van der Waals surface area (Å²) in [6.07, 6.45) is 0. The molecular weight excluding hydrogens is 443 g/mol. The highest BCUT2D eigenvalue weighted by atomic mass is 19.1. The molecule has 2 amide bonds. The van der Waals surface area contributed by atoms with E-state index in [0.29, 0.717) is 22.9 Å². The molecule has 4 rings (SSSR count). The van der Waals surface area contributed by atoms with E-state index in [-0.39, 0.29) is 36.9 Å². The Morgan fingerprint density at radius 2 is 1.85 bits per heavy atom. The minimum atomic E-state index is -0.474. The number of nitrogens with one attached hydrogen (secondary N) is 1. The molecule has 3 aromatic rings. The largest absolute Gasteiger partial charge is 0.497 e. The molecule has 0 fully saturated rings. The SMILES string of the molecule is COc1ccc(NC(=O)CN2C(=O)COc3ccc(C(=O)COc4cccc(F)c4)cc32)cc1. The molecule has 174 valence electrons. The van der Waals surface area contributed by atoms with Gasteiger partial charge in [-0.2, -0.15) is 0 Å². The number of ether oxygens (including phenoxy) is 3. The fraction of sp³-hybridized carbons (Fsp3) is 0.160. The Morgan fingerprint density at radius 1 is 1.06 bits per heavy atom. The molecule has 0 bridgehead atoms. The number of nitrogens with zero attached hydrogens (tertiary/aromatic N) is 1. The molecule has 1 aliphatic heterocycles. The number of fused-ring (bicyclic) bond motifs is 1. The second kappa shape index (κ2) is 10.0. The van der Waals surface area contributed by atoms with Gasteiger partial charge in [-0.3, -0.25) is 19.3 Å². The summed E-state index contributed by atoms with van der Waals surface area (Å²) in [4.78, 5) is 39.0. The summed E-state index contributed by atoms with van der Waals surface area (Å²) < 4.78 is 29.2. The summed E-state index contributed by atoms with van der Waals surface area (Å²) in [5, 5.41) is 2.73. The average molecular weight is 464 g/mol. The fourth-order valence-electron chi connectivity index (χ4n) is 3.36. The molecule has 0 saturated heterocycles. The Labute approximate surface area is 194 Å². The van der Waals surface area contributed by atoms with Crippen LogP contribution in [0, 0.1) is 5.82 Å². The molecule has 0 unspecified atom stereocenters. The first kappa shape index (κ1) is 22.8. The minimum absolute atomic E-state index is 0.223. The molecule has 0 aromatic heterocycles. The second-order valence-electron chi connectivity index (χ2n) is 7.40. The number of carbonyl (C=O) groups is 3. The van der Waals surface area contributed by atoms with Gasteiger partial charge in [0.2, 0.25) is 5.91 Å². The van der Waals surface area contributed by atoms with Crippen molar-refractivity contribution in [2.45, 2.75) is 0 Å². The van der Waals surface area contributed by atoms with E-state index in [9.17, 15) is 18.8 Å². The van der Waals surface area contributed by atoms with Crippen LogP contribution in [0.3, 0.4) is 0 Å². The van der Waals surface area contributed by atoms with Crippen molar-refractivity contribution < 1.29 is 33.0 Å². The molecule has 0 atom stereocenters. The number of rotatable bonds is 8. The van der Waals surface area contributed by atoms with Crippen LogP contribution in [-0.2, 0) is 9.59 Å². The van der Waals surface area contributed by atoms with E-state index < -0.39 is 17.6 Å². The van der Waals surface area contributed by atoms with Crippen molar-refractivity contribution in [3.05, 3.63) is 78.1 Å². The Balaban J connectivity index is 1.46. The van der Waals surface area contributed by atoms with Gasteiger partial charge in [0, 0.05) is 17.3 Å². The molecule has 1 N–H and O–H groups in total. The normalized spacial score (nSPS) is 12.4. The zero-order valence-electron chi connectivity index (χ0n) is 18.2. The van der Waals surface area contributed by atoms with Crippen LogP contribution in [0.15, 0.2) is 66.7 Å². The van der Waals surface area contributed by atoms with Gasteiger partial charge in [-0.05, 0) is 54.6 Å². The molecule has 1 aliphatic rings. The van der Waals surface area contributed by atoms with Crippen LogP contribution < -0.4 is 24.4 Å². The lowest BCUT2D eigenvalue weighted by molar-refractivity contribution is -0.123. The number of carbonyl (C=O) groups excluding carboxylic acids is 3. The monoisotopic (exact) mass is 464 g/mol. The summed E-state index contributed by atoms with van der Waals surface area (Å²) >= 11 is 0. The minimum Gasteiger partial charge on any atom is -0.497 e. The molecule has 0 saturated carbocycles. The first-order valence-corrected chi connectivity index (χ1v) is 10.4. The van der Waals surface area contributed by atoms with E-state index in [1.165, 1.54) is 29.2 Å². The summed E-state index contributed by atoms with van der Waals surface area (Å²) in [7, 11) is 1.54. The number of halogens is 1. The van der Waals surface area contributed by atoms with Crippen molar-refractivity contribution in [3.8, 4) is 17.2 Å². The molecule has 3 aromatic carbocycles. The molecule has 0 aliphatic carbocycles. The number of hydrogen-bond donors (Lipinski definition) is 1. The molecule has 0 radical (unpaired) electrons. The standard InChI is InChI=1S/C25H21FN2O6/c1-32-19-8-6-18(7-9-19)27-24(30)13-28-21-11-16(5-10-23(21)34-15-25(28)31)22(29)14-33-20-4-2-3-17(26)12-20/h2-12H,13-15H2,1H3,(H,27,30). The first-order chi connectivity index (χ1) is 16.4. The lowest BCUT2D eigenvalue weighted by Gasteiger charge is -2.29. The second-order valence-corrected chi connectivity index (χ2v) is 7.40. The highest BCUT2D eigenvalue weighted by Gasteiger charge is 2.28. The van der Waals surface area contributed by atoms with Crippen LogP contribution in [0.2, 0.25) is 0 Å². The molecule has 8 nitrogen and oxygen atoms in total. The van der Waals surface area contributed by atoms with E-state index >= 15 is 0 Å². The Hall–Kier alpha value is -4.40. The number of methoxy groups -OCH3 is 1. The van der Waals surface area contributed by atoms with E-state index in [4.69, 9.17) is 14.2 Å². The third kappa shape index (κ3) is 5.32. The van der Waals surface area contributed by atoms with E-state index in [1.807, 2.05) is 0 Å². The van der Waals surface area contributed by atoms with Crippen LogP contribution >= 0.6 is 0 Å². The van der Waals surface area contributed by atoms with Gasteiger partial charge in [-0.25, -0.2) is 4.39 Å². The summed E-state index contributed by atoms with van der Waals surface area (Å²) in [6.45, 7) is -0.813. The van der Waals surface area contributed by atoms with E-state index in [0.717, 1.165) is 0 Å². The third-order valence-electron chi connectivity index (χ3n) is 5.07. The number of benzene rings is 3. The maximum atomic E-state index is 13.3. The third-order valence-corrected chi connectivity index (χ3v) is 5.07. The van der Waals surface area contributed by atoms with Crippen molar-refractivity contribution in [2.75, 3.05) is 37.1 Å². The molecule has 34 heavy (non-hydrogen) atoms. The van der Waals surface area contributed by atoms with Crippen LogP contribution in [0.25, 0.3) is 0 Å². The van der Waals surface area contributed by atoms with Crippen LogP contribution in [0.1, 0.15) is 10.4 Å². The number of anilines is 2. The number of amides is 2. The maximum absolute atomic E-state index is 13.3. The Kier molecular flexibility index (Phi) is 6.72. The highest BCUT2D eigenvalue weighted by molar-refractivity contribution is 6.06. The van der Waals surface area contributed by atoms with Gasteiger partial charge in [-0.1, -0.05) is 6.07 Å². The predicted octanol–water partition coefficient (Wildman–Crippen LogP) is 3.46. The van der Waals surface area contributed by atoms with Crippen LogP contribution in [0.4, 0.5) is 15.8 Å². The van der Waals surface area contributed by atoms with E-state index in [2.05, 4.69) is 5.32 Å². The van der Waals surface area contributed by atoms with Gasteiger partial charge in [0.1, 0.15) is 29.6 Å². The van der Waals surface area contributed by atoms with Crippen molar-refractivity contribution in [3.63, 3.8) is 0 Å². The average Bonchev–Trinajstić information content (AvgIpc) is 2.84. The van der Waals surface area contributed by atoms with Gasteiger partial charge in [-0.15, -0.1) is 0 Å². The van der Waals surface area contributed by atoms with Crippen LogP contribution in [-0.4, -0.2) is 44.5 Å². The van der Waals surface area contributed by atoms with Crippen molar-refractivity contribution in [2.24, 2.45) is 0 Å². The molecule has 1 heterocycles. The smallest absolute Gasteiger partial charge is 0.265 e. The summed E-state index contributed by atoms with van der Waals surface area (Å²) in [6, 6.07) is 16.8. The van der Waals surface area contributed by atoms with Gasteiger partial charge in [0.05, 0.1) is 12.8 Å². The lowest BCUT2D eigenvalue weighted by Crippen LogP contribution is -2.43. The molecule has 9 heteroatoms. The molecule has 0 spiro atoms. The van der Waals surface area contributed by atoms with Gasteiger partial charge in [0.15, 0.2) is 19.0 Å². The highest BCUT2D eigenvalue weighted by Crippen LogP contribution is 2.33. The lowest BCUT2D eigenvalue weighted by atomic mass is 10.1. The van der Waals surface area contributed by atoms with Gasteiger partial charge < -0.3 is 19.5 Å². The zero-order valence-corrected chi connectivity index (χ0v) is 18.2. The summed E-state index contributed by atoms with van der Waals surface area (Å²) in [5.41, 5.74) is 1.11. The molecular formula is C25H21FN2O6. The van der Waals surface area contributed by atoms with Crippen molar-refractivity contribution >= 4 is 29.0 Å². The van der Waals surface area contributed by atoms with Gasteiger partial charge >= 0.3 is 0 Å². The number of Topliss-reactive ketones (excluding diaryl/α,β-unsaturated/α-hetero) is 1. The Morgan fingerprint density at radius 3 is 2.59 bits per heavy atom. The quantitative estimate of drug-likeness (QED) is 0.513. The first-order valence-electron chi connectivity index (χ1n) is 10.4.